The van der Waals surface area contributed by atoms with Crippen LogP contribution in [-0.2, 0) is 4.79 Å². The largest absolute Gasteiger partial charge is 0.435 e. The standard InChI is InChI=1S/C11H11F2N3O2.C11H9F/c1-16-9(17)8(15-11(16)14)6-2-4-7(5-3-6)18-10(12)13;12-11-4-2-1-3-10(11)8-7-9-5-6-9/h2-5,8,10H,1H3,(H2,14,15);1-4,9H,5-6H2. The summed E-state index contributed by atoms with van der Waals surface area (Å²) in [7, 11) is 1.52. The Morgan fingerprint density at radius 2 is 1.83 bits per heavy atom. The summed E-state index contributed by atoms with van der Waals surface area (Å²) in [5, 5.41) is 0. The highest BCUT2D eigenvalue weighted by molar-refractivity contribution is 6.04. The van der Waals surface area contributed by atoms with Crippen LogP contribution < -0.4 is 10.5 Å². The second-order valence-electron chi connectivity index (χ2n) is 6.76. The molecule has 4 rings (SSSR count). The highest BCUT2D eigenvalue weighted by atomic mass is 19.3. The van der Waals surface area contributed by atoms with Crippen molar-refractivity contribution in [3.05, 3.63) is 65.5 Å². The van der Waals surface area contributed by atoms with Gasteiger partial charge < -0.3 is 10.5 Å². The number of amides is 1. The molecule has 2 aromatic carbocycles. The molecule has 0 bridgehead atoms. The van der Waals surface area contributed by atoms with E-state index in [4.69, 9.17) is 5.73 Å². The number of nitrogens with two attached hydrogens (primary N) is 1. The molecule has 156 valence electrons. The number of benzene rings is 2. The number of ether oxygens (including phenoxy) is 1. The van der Waals surface area contributed by atoms with Gasteiger partial charge in [0.15, 0.2) is 12.0 Å². The van der Waals surface area contributed by atoms with Crippen LogP contribution in [-0.4, -0.2) is 30.4 Å². The van der Waals surface area contributed by atoms with Crippen LogP contribution >= 0.6 is 0 Å². The van der Waals surface area contributed by atoms with E-state index in [0.29, 0.717) is 17.0 Å². The number of hydrogen-bond acceptors (Lipinski definition) is 4. The first-order valence-corrected chi connectivity index (χ1v) is 9.27. The number of likely N-dealkylation sites (N-methyl/N-ethyl adjacent to an activating group) is 1. The summed E-state index contributed by atoms with van der Waals surface area (Å²) in [5.41, 5.74) is 6.62. The summed E-state index contributed by atoms with van der Waals surface area (Å²) < 4.78 is 41.1. The minimum atomic E-state index is -2.87. The van der Waals surface area contributed by atoms with Crippen molar-refractivity contribution in [1.82, 2.24) is 4.90 Å². The second-order valence-corrected chi connectivity index (χ2v) is 6.76. The Balaban J connectivity index is 0.000000184. The first-order valence-electron chi connectivity index (χ1n) is 9.27. The average molecular weight is 415 g/mol. The van der Waals surface area contributed by atoms with Gasteiger partial charge in [-0.3, -0.25) is 9.69 Å². The molecule has 8 heteroatoms. The molecule has 0 saturated heterocycles. The van der Waals surface area contributed by atoms with Gasteiger partial charge in [-0.2, -0.15) is 8.78 Å². The number of aliphatic imine (C=N–C) groups is 1. The molecule has 1 aliphatic heterocycles. The zero-order chi connectivity index (χ0) is 21.7. The molecule has 1 amide bonds. The number of guanidine groups is 1. The van der Waals surface area contributed by atoms with Crippen LogP contribution in [0, 0.1) is 23.6 Å². The predicted molar refractivity (Wildman–Crippen MR) is 106 cm³/mol. The van der Waals surface area contributed by atoms with Crippen LogP contribution in [0.4, 0.5) is 13.2 Å². The molecule has 1 atom stereocenters. The quantitative estimate of drug-likeness (QED) is 0.778. The van der Waals surface area contributed by atoms with E-state index < -0.39 is 12.7 Å². The maximum absolute atomic E-state index is 13.0. The number of halogens is 3. The van der Waals surface area contributed by atoms with E-state index in [2.05, 4.69) is 21.6 Å². The van der Waals surface area contributed by atoms with Crippen LogP contribution in [0.2, 0.25) is 0 Å². The molecule has 2 N–H and O–H groups in total. The van der Waals surface area contributed by atoms with E-state index in [-0.39, 0.29) is 23.4 Å². The predicted octanol–water partition coefficient (Wildman–Crippen LogP) is 3.70. The average Bonchev–Trinajstić information content (AvgIpc) is 3.51. The number of carbonyl (C=O) groups excluding carboxylic acids is 1. The fourth-order valence-corrected chi connectivity index (χ4v) is 2.59. The molecule has 1 saturated carbocycles. The van der Waals surface area contributed by atoms with E-state index in [1.54, 1.807) is 18.2 Å². The van der Waals surface area contributed by atoms with Crippen molar-refractivity contribution < 1.29 is 22.7 Å². The number of carbonyl (C=O) groups is 1. The smallest absolute Gasteiger partial charge is 0.387 e. The molecular formula is C22H20F3N3O2. The molecule has 1 heterocycles. The van der Waals surface area contributed by atoms with Gasteiger partial charge in [-0.05, 0) is 42.7 Å². The minimum absolute atomic E-state index is 0.0319. The molecule has 2 aliphatic rings. The maximum atomic E-state index is 13.0. The van der Waals surface area contributed by atoms with Crippen LogP contribution in [0.1, 0.15) is 30.0 Å². The molecule has 0 spiro atoms. The van der Waals surface area contributed by atoms with E-state index in [9.17, 15) is 18.0 Å². The number of hydrogen-bond donors (Lipinski definition) is 1. The first kappa shape index (κ1) is 21.2. The topological polar surface area (TPSA) is 67.9 Å². The van der Waals surface area contributed by atoms with Crippen LogP contribution in [0.5, 0.6) is 5.75 Å². The lowest BCUT2D eigenvalue weighted by Crippen LogP contribution is -2.34. The lowest BCUT2D eigenvalue weighted by molar-refractivity contribution is -0.126. The van der Waals surface area contributed by atoms with E-state index in [0.717, 1.165) is 0 Å². The molecule has 1 fully saturated rings. The summed E-state index contributed by atoms with van der Waals surface area (Å²) in [6, 6.07) is 11.7. The molecule has 1 unspecified atom stereocenters. The van der Waals surface area contributed by atoms with Crippen LogP contribution in [0.25, 0.3) is 0 Å². The van der Waals surface area contributed by atoms with Crippen molar-refractivity contribution in [1.29, 1.82) is 0 Å². The van der Waals surface area contributed by atoms with Gasteiger partial charge in [-0.1, -0.05) is 36.1 Å². The molecule has 30 heavy (non-hydrogen) atoms. The number of rotatable bonds is 3. The normalized spacial score (nSPS) is 17.6. The van der Waals surface area contributed by atoms with Gasteiger partial charge in [0.2, 0.25) is 0 Å². The third kappa shape index (κ3) is 5.54. The monoisotopic (exact) mass is 415 g/mol. The summed E-state index contributed by atoms with van der Waals surface area (Å²) in [4.78, 5) is 17.0. The van der Waals surface area contributed by atoms with E-state index in [1.807, 2.05) is 0 Å². The van der Waals surface area contributed by atoms with Crippen LogP contribution in [0.3, 0.4) is 0 Å². The third-order valence-corrected chi connectivity index (χ3v) is 4.45. The van der Waals surface area contributed by atoms with Crippen LogP contribution in [0.15, 0.2) is 53.5 Å². The van der Waals surface area contributed by atoms with Crippen molar-refractivity contribution >= 4 is 11.9 Å². The second kappa shape index (κ2) is 9.35. The van der Waals surface area contributed by atoms with Gasteiger partial charge in [0.1, 0.15) is 11.6 Å². The Morgan fingerprint density at radius 3 is 2.37 bits per heavy atom. The lowest BCUT2D eigenvalue weighted by atomic mass is 10.1. The van der Waals surface area contributed by atoms with Gasteiger partial charge in [0.05, 0.1) is 5.56 Å². The van der Waals surface area contributed by atoms with Gasteiger partial charge in [0, 0.05) is 13.0 Å². The fraction of sp³-hybridized carbons (Fsp3) is 0.273. The summed E-state index contributed by atoms with van der Waals surface area (Å²) in [6.07, 6.45) is 2.36. The summed E-state index contributed by atoms with van der Waals surface area (Å²) in [5.74, 6) is 6.10. The highest BCUT2D eigenvalue weighted by Gasteiger charge is 2.31. The third-order valence-electron chi connectivity index (χ3n) is 4.45. The van der Waals surface area contributed by atoms with E-state index >= 15 is 0 Å². The Labute approximate surface area is 172 Å². The zero-order valence-electron chi connectivity index (χ0n) is 16.2. The van der Waals surface area contributed by atoms with Gasteiger partial charge in [-0.25, -0.2) is 9.38 Å². The van der Waals surface area contributed by atoms with Crippen molar-refractivity contribution in [2.24, 2.45) is 16.6 Å². The number of nitrogens with zero attached hydrogens (tertiary/aromatic N) is 2. The lowest BCUT2D eigenvalue weighted by Gasteiger charge is -2.10. The van der Waals surface area contributed by atoms with Gasteiger partial charge >= 0.3 is 6.61 Å². The Hall–Kier alpha value is -3.47. The first-order chi connectivity index (χ1) is 14.3. The zero-order valence-corrected chi connectivity index (χ0v) is 16.2. The Kier molecular flexibility index (Phi) is 6.62. The molecule has 0 radical (unpaired) electrons. The van der Waals surface area contributed by atoms with Crippen molar-refractivity contribution in [2.45, 2.75) is 25.5 Å². The van der Waals surface area contributed by atoms with Crippen molar-refractivity contribution in [3.8, 4) is 17.6 Å². The maximum Gasteiger partial charge on any atom is 0.387 e. The number of alkyl halides is 2. The van der Waals surface area contributed by atoms with Gasteiger partial charge in [-0.15, -0.1) is 0 Å². The Bertz CT molecular complexity index is 993. The molecule has 0 aromatic heterocycles. The van der Waals surface area contributed by atoms with E-state index in [1.165, 1.54) is 55.1 Å². The fourth-order valence-electron chi connectivity index (χ4n) is 2.59. The summed E-state index contributed by atoms with van der Waals surface area (Å²) in [6.45, 7) is -2.87. The Morgan fingerprint density at radius 1 is 1.17 bits per heavy atom. The molecule has 5 nitrogen and oxygen atoms in total. The van der Waals surface area contributed by atoms with Gasteiger partial charge in [0.25, 0.3) is 5.91 Å². The molecular weight excluding hydrogens is 395 g/mol. The van der Waals surface area contributed by atoms with Crippen molar-refractivity contribution in [2.75, 3.05) is 7.05 Å². The van der Waals surface area contributed by atoms with Crippen molar-refractivity contribution in [3.63, 3.8) is 0 Å². The summed E-state index contributed by atoms with van der Waals surface area (Å²) >= 11 is 0. The highest BCUT2D eigenvalue weighted by Crippen LogP contribution is 2.28. The molecule has 1 aliphatic carbocycles. The molecule has 2 aromatic rings. The minimum Gasteiger partial charge on any atom is -0.435 e. The SMILES string of the molecule is CN1C(=O)C(c2ccc(OC(F)F)cc2)N=C1N.Fc1ccccc1C#CC1CC1.